The summed E-state index contributed by atoms with van der Waals surface area (Å²) in [5, 5.41) is 8.53. The van der Waals surface area contributed by atoms with Gasteiger partial charge in [0, 0.05) is 18.4 Å². The lowest BCUT2D eigenvalue weighted by molar-refractivity contribution is -0.137. The number of hydrogen-bond acceptors (Lipinski definition) is 4. The number of aromatic nitrogens is 1. The second kappa shape index (κ2) is 5.73. The largest absolute Gasteiger partial charge is 0.493 e. The Balaban J connectivity index is 2.02. The number of ether oxygens (including phenoxy) is 1. The first kappa shape index (κ1) is 13.4. The van der Waals surface area contributed by atoms with Gasteiger partial charge in [0.1, 0.15) is 11.3 Å². The van der Waals surface area contributed by atoms with E-state index in [9.17, 15) is 4.79 Å². The molecule has 0 atom stereocenters. The molecular formula is C14H17NO4. The summed E-state index contributed by atoms with van der Waals surface area (Å²) in [6.07, 6.45) is 0.600. The van der Waals surface area contributed by atoms with Crippen LogP contribution < -0.4 is 4.74 Å². The molecule has 0 amide bonds. The molecule has 0 fully saturated rings. The van der Waals surface area contributed by atoms with Gasteiger partial charge in [0.2, 0.25) is 0 Å². The maximum absolute atomic E-state index is 10.4. The Kier molecular flexibility index (Phi) is 4.04. The molecule has 1 heterocycles. The van der Waals surface area contributed by atoms with Gasteiger partial charge >= 0.3 is 5.97 Å². The Morgan fingerprint density at radius 3 is 2.95 bits per heavy atom. The van der Waals surface area contributed by atoms with Crippen LogP contribution in [0.15, 0.2) is 22.6 Å². The van der Waals surface area contributed by atoms with Crippen molar-refractivity contribution in [1.29, 1.82) is 0 Å². The summed E-state index contributed by atoms with van der Waals surface area (Å²) < 4.78 is 11.1. The van der Waals surface area contributed by atoms with Crippen LogP contribution in [0.1, 0.15) is 38.5 Å². The van der Waals surface area contributed by atoms with Crippen LogP contribution in [0.25, 0.3) is 11.1 Å². The summed E-state index contributed by atoms with van der Waals surface area (Å²) in [5.74, 6) is 0.811. The third-order valence-electron chi connectivity index (χ3n) is 2.67. The number of fused-ring (bicyclic) bond motifs is 1. The first-order chi connectivity index (χ1) is 9.06. The van der Waals surface area contributed by atoms with Crippen LogP contribution in [0, 0.1) is 0 Å². The van der Waals surface area contributed by atoms with Crippen LogP contribution in [0.4, 0.5) is 0 Å². The fourth-order valence-corrected chi connectivity index (χ4v) is 1.67. The Hall–Kier alpha value is -2.04. The standard InChI is InChI=1S/C14H17NO4/c1-9(2)14-15-11-6-5-10(8-12(11)19-14)18-7-3-4-13(16)17/h5-6,8-9H,3-4,7H2,1-2H3,(H,16,17). The van der Waals surface area contributed by atoms with E-state index in [4.69, 9.17) is 14.3 Å². The normalized spacial score (nSPS) is 11.1. The molecule has 0 radical (unpaired) electrons. The number of nitrogens with zero attached hydrogens (tertiary/aromatic N) is 1. The predicted molar refractivity (Wildman–Crippen MR) is 70.5 cm³/mol. The minimum atomic E-state index is -0.809. The van der Waals surface area contributed by atoms with Crippen LogP contribution >= 0.6 is 0 Å². The summed E-state index contributed by atoms with van der Waals surface area (Å²) in [6.45, 7) is 4.42. The van der Waals surface area contributed by atoms with Gasteiger partial charge in [0.25, 0.3) is 0 Å². The highest BCUT2D eigenvalue weighted by molar-refractivity contribution is 5.74. The lowest BCUT2D eigenvalue weighted by Crippen LogP contribution is -2.01. The van der Waals surface area contributed by atoms with Crippen LogP contribution in [-0.2, 0) is 4.79 Å². The maximum Gasteiger partial charge on any atom is 0.303 e. The van der Waals surface area contributed by atoms with Crippen molar-refractivity contribution in [2.24, 2.45) is 0 Å². The van der Waals surface area contributed by atoms with E-state index in [1.165, 1.54) is 0 Å². The van der Waals surface area contributed by atoms with Gasteiger partial charge in [0.05, 0.1) is 6.61 Å². The second-order valence-corrected chi connectivity index (χ2v) is 4.68. The molecule has 0 saturated heterocycles. The average Bonchev–Trinajstić information content (AvgIpc) is 2.77. The van der Waals surface area contributed by atoms with Crippen molar-refractivity contribution in [3.63, 3.8) is 0 Å². The van der Waals surface area contributed by atoms with Crippen molar-refractivity contribution in [3.8, 4) is 5.75 Å². The number of aliphatic carboxylic acids is 1. The van der Waals surface area contributed by atoms with E-state index in [0.717, 1.165) is 5.52 Å². The highest BCUT2D eigenvalue weighted by Gasteiger charge is 2.10. The van der Waals surface area contributed by atoms with E-state index in [1.807, 2.05) is 26.0 Å². The Bertz CT molecular complexity index is 574. The molecule has 0 aliphatic rings. The number of benzene rings is 1. The SMILES string of the molecule is CC(C)c1nc2ccc(OCCCC(=O)O)cc2o1. The first-order valence-corrected chi connectivity index (χ1v) is 6.31. The molecule has 0 spiro atoms. The van der Waals surface area contributed by atoms with Gasteiger partial charge < -0.3 is 14.3 Å². The molecule has 5 nitrogen and oxygen atoms in total. The van der Waals surface area contributed by atoms with Crippen molar-refractivity contribution < 1.29 is 19.1 Å². The summed E-state index contributed by atoms with van der Waals surface area (Å²) in [5.41, 5.74) is 1.50. The predicted octanol–water partition coefficient (Wildman–Crippen LogP) is 3.19. The van der Waals surface area contributed by atoms with E-state index >= 15 is 0 Å². The van der Waals surface area contributed by atoms with E-state index in [-0.39, 0.29) is 12.3 Å². The lowest BCUT2D eigenvalue weighted by atomic mass is 10.2. The molecule has 1 aromatic heterocycles. The van der Waals surface area contributed by atoms with Gasteiger partial charge in [-0.1, -0.05) is 13.8 Å². The highest BCUT2D eigenvalue weighted by Crippen LogP contribution is 2.24. The van der Waals surface area contributed by atoms with E-state index in [1.54, 1.807) is 6.07 Å². The molecule has 2 aromatic rings. The smallest absolute Gasteiger partial charge is 0.303 e. The molecule has 2 rings (SSSR count). The van der Waals surface area contributed by atoms with Crippen molar-refractivity contribution in [3.05, 3.63) is 24.1 Å². The van der Waals surface area contributed by atoms with Gasteiger partial charge in [-0.3, -0.25) is 4.79 Å². The number of oxazole rings is 1. The summed E-state index contributed by atoms with van der Waals surface area (Å²) in [4.78, 5) is 14.7. The minimum Gasteiger partial charge on any atom is -0.493 e. The van der Waals surface area contributed by atoms with Gasteiger partial charge in [-0.2, -0.15) is 0 Å². The zero-order valence-electron chi connectivity index (χ0n) is 11.0. The van der Waals surface area contributed by atoms with Crippen molar-refractivity contribution in [1.82, 2.24) is 4.98 Å². The Morgan fingerprint density at radius 1 is 1.47 bits per heavy atom. The van der Waals surface area contributed by atoms with Crippen molar-refractivity contribution in [2.45, 2.75) is 32.6 Å². The fraction of sp³-hybridized carbons (Fsp3) is 0.429. The molecule has 0 aliphatic carbocycles. The van der Waals surface area contributed by atoms with Gasteiger partial charge in [-0.05, 0) is 18.6 Å². The zero-order chi connectivity index (χ0) is 13.8. The van der Waals surface area contributed by atoms with Gasteiger partial charge in [-0.25, -0.2) is 4.98 Å². The third kappa shape index (κ3) is 3.47. The van der Waals surface area contributed by atoms with Crippen LogP contribution in [0.2, 0.25) is 0 Å². The molecule has 0 saturated carbocycles. The average molecular weight is 263 g/mol. The number of carboxylic acids is 1. The number of carboxylic acid groups (broad SMARTS) is 1. The third-order valence-corrected chi connectivity index (χ3v) is 2.67. The van der Waals surface area contributed by atoms with Gasteiger partial charge in [0.15, 0.2) is 11.5 Å². The van der Waals surface area contributed by atoms with E-state index in [0.29, 0.717) is 30.3 Å². The van der Waals surface area contributed by atoms with E-state index < -0.39 is 5.97 Å². The topological polar surface area (TPSA) is 72.6 Å². The quantitative estimate of drug-likeness (QED) is 0.810. The minimum absolute atomic E-state index is 0.113. The zero-order valence-corrected chi connectivity index (χ0v) is 11.0. The first-order valence-electron chi connectivity index (χ1n) is 6.31. The molecule has 0 aliphatic heterocycles. The number of carbonyl (C=O) groups is 1. The second-order valence-electron chi connectivity index (χ2n) is 4.68. The Labute approximate surface area is 111 Å². The van der Waals surface area contributed by atoms with Crippen LogP contribution in [0.5, 0.6) is 5.75 Å². The highest BCUT2D eigenvalue weighted by atomic mass is 16.5. The number of rotatable bonds is 6. The maximum atomic E-state index is 10.4. The lowest BCUT2D eigenvalue weighted by Gasteiger charge is -2.04. The summed E-state index contributed by atoms with van der Waals surface area (Å²) in [7, 11) is 0. The molecule has 1 aromatic carbocycles. The molecule has 0 unspecified atom stereocenters. The van der Waals surface area contributed by atoms with Crippen LogP contribution in [-0.4, -0.2) is 22.7 Å². The van der Waals surface area contributed by atoms with Gasteiger partial charge in [-0.15, -0.1) is 0 Å². The number of hydrogen-bond donors (Lipinski definition) is 1. The molecule has 5 heteroatoms. The van der Waals surface area contributed by atoms with Crippen molar-refractivity contribution >= 4 is 17.1 Å². The molecule has 1 N–H and O–H groups in total. The summed E-state index contributed by atoms with van der Waals surface area (Å²) in [6, 6.07) is 5.45. The monoisotopic (exact) mass is 263 g/mol. The molecule has 102 valence electrons. The Morgan fingerprint density at radius 2 is 2.26 bits per heavy atom. The fourth-order valence-electron chi connectivity index (χ4n) is 1.67. The molecular weight excluding hydrogens is 246 g/mol. The van der Waals surface area contributed by atoms with Crippen molar-refractivity contribution in [2.75, 3.05) is 6.61 Å². The molecule has 19 heavy (non-hydrogen) atoms. The summed E-state index contributed by atoms with van der Waals surface area (Å²) >= 11 is 0. The van der Waals surface area contributed by atoms with Crippen LogP contribution in [0.3, 0.4) is 0 Å². The molecule has 0 bridgehead atoms. The van der Waals surface area contributed by atoms with E-state index in [2.05, 4.69) is 4.98 Å².